The zero-order chi connectivity index (χ0) is 23.8. The van der Waals surface area contributed by atoms with E-state index in [-0.39, 0.29) is 17.9 Å². The van der Waals surface area contributed by atoms with E-state index in [9.17, 15) is 9.59 Å². The van der Waals surface area contributed by atoms with E-state index in [0.717, 1.165) is 43.5 Å². The highest BCUT2D eigenvalue weighted by atomic mass is 35.5. The van der Waals surface area contributed by atoms with Gasteiger partial charge in [-0.15, -0.1) is 0 Å². The van der Waals surface area contributed by atoms with E-state index >= 15 is 0 Å². The maximum absolute atomic E-state index is 12.8. The molecule has 5 nitrogen and oxygen atoms in total. The van der Waals surface area contributed by atoms with Crippen molar-refractivity contribution >= 4 is 29.2 Å². The summed E-state index contributed by atoms with van der Waals surface area (Å²) in [6.45, 7) is 1.99. The summed E-state index contributed by atoms with van der Waals surface area (Å²) in [5.74, 6) is 0.151. The van der Waals surface area contributed by atoms with Crippen LogP contribution in [0.25, 0.3) is 0 Å². The molecule has 0 unspecified atom stereocenters. The minimum Gasteiger partial charge on any atom is -0.352 e. The smallest absolute Gasteiger partial charge is 0.321 e. The average molecular weight is 476 g/mol. The van der Waals surface area contributed by atoms with Gasteiger partial charge in [0.25, 0.3) is 5.91 Å². The SMILES string of the molecule is O=C(NCCCc1ccccc1)c1cccc([C@@H]2CCCN(C(=O)Nc3ccc(Cl)cc3)C2)c1. The molecule has 1 atom stereocenters. The van der Waals surface area contributed by atoms with Crippen molar-refractivity contribution < 1.29 is 9.59 Å². The summed E-state index contributed by atoms with van der Waals surface area (Å²) in [6, 6.07) is 25.1. The monoisotopic (exact) mass is 475 g/mol. The van der Waals surface area contributed by atoms with Crippen molar-refractivity contribution in [2.75, 3.05) is 25.0 Å². The largest absolute Gasteiger partial charge is 0.352 e. The molecule has 2 N–H and O–H groups in total. The van der Waals surface area contributed by atoms with E-state index in [1.165, 1.54) is 5.56 Å². The molecule has 1 fully saturated rings. The van der Waals surface area contributed by atoms with Gasteiger partial charge in [0, 0.05) is 41.8 Å². The molecular formula is C28H30ClN3O2. The zero-order valence-electron chi connectivity index (χ0n) is 19.2. The molecule has 1 saturated heterocycles. The fourth-order valence-corrected chi connectivity index (χ4v) is 4.47. The van der Waals surface area contributed by atoms with Gasteiger partial charge < -0.3 is 15.5 Å². The molecule has 0 spiro atoms. The molecule has 0 saturated carbocycles. The normalized spacial score (nSPS) is 15.6. The van der Waals surface area contributed by atoms with Crippen LogP contribution in [0.5, 0.6) is 0 Å². The van der Waals surface area contributed by atoms with Crippen LogP contribution in [0.4, 0.5) is 10.5 Å². The van der Waals surface area contributed by atoms with Gasteiger partial charge in [-0.25, -0.2) is 4.79 Å². The highest BCUT2D eigenvalue weighted by Crippen LogP contribution is 2.28. The Kier molecular flexibility index (Phi) is 8.21. The van der Waals surface area contributed by atoms with Crippen molar-refractivity contribution in [1.29, 1.82) is 0 Å². The first-order valence-electron chi connectivity index (χ1n) is 11.8. The predicted molar refractivity (Wildman–Crippen MR) is 138 cm³/mol. The Morgan fingerprint density at radius 3 is 2.56 bits per heavy atom. The topological polar surface area (TPSA) is 61.4 Å². The van der Waals surface area contributed by atoms with Crippen LogP contribution in [-0.4, -0.2) is 36.5 Å². The van der Waals surface area contributed by atoms with E-state index < -0.39 is 0 Å². The molecule has 1 heterocycles. The van der Waals surface area contributed by atoms with Gasteiger partial charge in [0.15, 0.2) is 0 Å². The number of nitrogens with zero attached hydrogens (tertiary/aromatic N) is 1. The molecule has 34 heavy (non-hydrogen) atoms. The number of anilines is 1. The molecule has 0 bridgehead atoms. The lowest BCUT2D eigenvalue weighted by molar-refractivity contribution is 0.0953. The van der Waals surface area contributed by atoms with Crippen LogP contribution in [0.1, 0.15) is 46.7 Å². The Balaban J connectivity index is 1.30. The van der Waals surface area contributed by atoms with Gasteiger partial charge in [-0.2, -0.15) is 0 Å². The number of nitrogens with one attached hydrogen (secondary N) is 2. The third-order valence-electron chi connectivity index (χ3n) is 6.19. The number of likely N-dealkylation sites (tertiary alicyclic amines) is 1. The molecule has 1 aliphatic heterocycles. The van der Waals surface area contributed by atoms with Gasteiger partial charge in [-0.1, -0.05) is 54.1 Å². The van der Waals surface area contributed by atoms with Crippen molar-refractivity contribution in [3.63, 3.8) is 0 Å². The number of rotatable bonds is 7. The van der Waals surface area contributed by atoms with Gasteiger partial charge in [0.2, 0.25) is 0 Å². The quantitative estimate of drug-likeness (QED) is 0.405. The Labute approximate surface area is 206 Å². The maximum Gasteiger partial charge on any atom is 0.321 e. The Hall–Kier alpha value is -3.31. The van der Waals surface area contributed by atoms with Crippen LogP contribution in [0, 0.1) is 0 Å². The number of carbonyl (C=O) groups is 2. The summed E-state index contributed by atoms with van der Waals surface area (Å²) in [5, 5.41) is 6.62. The number of piperidine rings is 1. The molecule has 176 valence electrons. The maximum atomic E-state index is 12.8. The number of carbonyl (C=O) groups excluding carboxylic acids is 2. The standard InChI is InChI=1S/C28H30ClN3O2/c29-25-13-15-26(16-14-25)31-28(34)32-18-6-12-24(20-32)22-10-4-11-23(19-22)27(33)30-17-5-9-21-7-2-1-3-8-21/h1-4,7-8,10-11,13-16,19,24H,5-6,9,12,17-18,20H2,(H,30,33)(H,31,34)/t24-/m1/s1. The van der Waals surface area contributed by atoms with Crippen molar-refractivity contribution in [3.8, 4) is 0 Å². The summed E-state index contributed by atoms with van der Waals surface area (Å²) >= 11 is 5.93. The highest BCUT2D eigenvalue weighted by Gasteiger charge is 2.25. The summed E-state index contributed by atoms with van der Waals surface area (Å²) in [7, 11) is 0. The predicted octanol–water partition coefficient (Wildman–Crippen LogP) is 6.11. The van der Waals surface area contributed by atoms with Crippen LogP contribution in [0.3, 0.4) is 0 Å². The number of amides is 3. The molecule has 0 aromatic heterocycles. The first-order chi connectivity index (χ1) is 16.6. The fraction of sp³-hybridized carbons (Fsp3) is 0.286. The van der Waals surface area contributed by atoms with E-state index in [4.69, 9.17) is 11.6 Å². The van der Waals surface area contributed by atoms with Crippen LogP contribution in [0.2, 0.25) is 5.02 Å². The zero-order valence-corrected chi connectivity index (χ0v) is 19.9. The molecule has 3 aromatic carbocycles. The molecule has 1 aliphatic rings. The number of urea groups is 1. The number of hydrogen-bond acceptors (Lipinski definition) is 2. The van der Waals surface area contributed by atoms with Gasteiger partial charge in [-0.05, 0) is 73.2 Å². The fourth-order valence-electron chi connectivity index (χ4n) is 4.34. The third kappa shape index (κ3) is 6.61. The molecule has 3 aromatic rings. The number of benzene rings is 3. The van der Waals surface area contributed by atoms with Crippen LogP contribution in [-0.2, 0) is 6.42 Å². The van der Waals surface area contributed by atoms with Crippen LogP contribution >= 0.6 is 11.6 Å². The lowest BCUT2D eigenvalue weighted by Gasteiger charge is -2.33. The summed E-state index contributed by atoms with van der Waals surface area (Å²) in [6.07, 6.45) is 3.76. The van der Waals surface area contributed by atoms with Crippen LogP contribution < -0.4 is 10.6 Å². The van der Waals surface area contributed by atoms with E-state index in [0.29, 0.717) is 23.7 Å². The van der Waals surface area contributed by atoms with Gasteiger partial charge >= 0.3 is 6.03 Å². The Morgan fingerprint density at radius 1 is 0.971 bits per heavy atom. The van der Waals surface area contributed by atoms with Crippen LogP contribution in [0.15, 0.2) is 78.9 Å². The molecule has 4 rings (SSSR count). The number of halogens is 1. The Morgan fingerprint density at radius 2 is 1.76 bits per heavy atom. The van der Waals surface area contributed by atoms with Crippen molar-refractivity contribution in [3.05, 3.63) is 101 Å². The lowest BCUT2D eigenvalue weighted by Crippen LogP contribution is -2.41. The summed E-state index contributed by atoms with van der Waals surface area (Å²) in [5.41, 5.74) is 3.77. The summed E-state index contributed by atoms with van der Waals surface area (Å²) < 4.78 is 0. The molecule has 0 radical (unpaired) electrons. The van der Waals surface area contributed by atoms with Crippen molar-refractivity contribution in [1.82, 2.24) is 10.2 Å². The lowest BCUT2D eigenvalue weighted by atomic mass is 9.89. The van der Waals surface area contributed by atoms with E-state index in [1.54, 1.807) is 24.3 Å². The average Bonchev–Trinajstić information content (AvgIpc) is 2.88. The van der Waals surface area contributed by atoms with E-state index in [2.05, 4.69) is 28.8 Å². The molecule has 0 aliphatic carbocycles. The second-order valence-corrected chi connectivity index (χ2v) is 9.13. The van der Waals surface area contributed by atoms with Gasteiger partial charge in [0.05, 0.1) is 0 Å². The number of aryl methyl sites for hydroxylation is 1. The second-order valence-electron chi connectivity index (χ2n) is 8.69. The van der Waals surface area contributed by atoms with Gasteiger partial charge in [-0.3, -0.25) is 4.79 Å². The minimum atomic E-state index is -0.112. The first kappa shape index (κ1) is 23.8. The first-order valence-corrected chi connectivity index (χ1v) is 12.2. The second kappa shape index (κ2) is 11.7. The van der Waals surface area contributed by atoms with Crippen molar-refractivity contribution in [2.45, 2.75) is 31.6 Å². The molecule has 3 amide bonds. The summed E-state index contributed by atoms with van der Waals surface area (Å²) in [4.78, 5) is 27.3. The highest BCUT2D eigenvalue weighted by molar-refractivity contribution is 6.30. The van der Waals surface area contributed by atoms with Gasteiger partial charge in [0.1, 0.15) is 0 Å². The van der Waals surface area contributed by atoms with Crippen molar-refractivity contribution in [2.24, 2.45) is 0 Å². The van der Waals surface area contributed by atoms with E-state index in [1.807, 2.05) is 41.3 Å². The Bertz CT molecular complexity index is 1100. The minimum absolute atomic E-state index is 0.0527. The third-order valence-corrected chi connectivity index (χ3v) is 6.45. The molecular weight excluding hydrogens is 446 g/mol. The molecule has 6 heteroatoms. The number of hydrogen-bond donors (Lipinski definition) is 2.